The molecule has 0 amide bonds. The second-order valence-electron chi connectivity index (χ2n) is 10.1. The highest BCUT2D eigenvalue weighted by molar-refractivity contribution is 5.91. The van der Waals surface area contributed by atoms with Crippen LogP contribution in [-0.4, -0.2) is 41.0 Å². The molecule has 0 heterocycles. The van der Waals surface area contributed by atoms with Gasteiger partial charge in [0.1, 0.15) is 0 Å². The Bertz CT molecular complexity index is 1140. The third kappa shape index (κ3) is 7.26. The quantitative estimate of drug-likeness (QED) is 0.292. The number of carboxylic acid groups (broad SMARTS) is 1. The summed E-state index contributed by atoms with van der Waals surface area (Å²) in [5.41, 5.74) is 6.10. The molecule has 0 bridgehead atoms. The average Bonchev–Trinajstić information content (AvgIpc) is 2.86. The summed E-state index contributed by atoms with van der Waals surface area (Å²) in [6.45, 7) is 10.7. The fourth-order valence-electron chi connectivity index (χ4n) is 4.61. The normalized spacial score (nSPS) is 13.4. The number of benzene rings is 3. The average molecular weight is 490 g/mol. The lowest BCUT2D eigenvalue weighted by molar-refractivity contribution is -0.00422. The summed E-state index contributed by atoms with van der Waals surface area (Å²) in [6.07, 6.45) is 0.791. The van der Waals surface area contributed by atoms with E-state index >= 15 is 0 Å². The molecule has 0 aliphatic carbocycles. The molecule has 0 aliphatic heterocycles. The number of carbonyl (C=O) groups is 1. The van der Waals surface area contributed by atoms with Crippen LogP contribution in [0.2, 0.25) is 0 Å². The third-order valence-electron chi connectivity index (χ3n) is 6.67. The SMILES string of the molecule is CCc1ccc(CC(C)(C)NC[C@@H](O)COC(C)c2c(-c3ccccc3)ccc(C(=O)O)c2C)cc1. The maximum absolute atomic E-state index is 11.8. The van der Waals surface area contributed by atoms with E-state index in [0.717, 1.165) is 29.5 Å². The molecular weight excluding hydrogens is 450 g/mol. The van der Waals surface area contributed by atoms with Crippen molar-refractivity contribution in [2.45, 2.75) is 65.2 Å². The number of aromatic carboxylic acids is 1. The Morgan fingerprint density at radius 3 is 2.25 bits per heavy atom. The Morgan fingerprint density at radius 1 is 1.00 bits per heavy atom. The molecule has 2 atom stereocenters. The van der Waals surface area contributed by atoms with E-state index in [1.165, 1.54) is 11.1 Å². The summed E-state index contributed by atoms with van der Waals surface area (Å²) < 4.78 is 6.09. The molecular formula is C31H39NO4. The van der Waals surface area contributed by atoms with Gasteiger partial charge in [-0.1, -0.05) is 67.6 Å². The van der Waals surface area contributed by atoms with Crippen molar-refractivity contribution >= 4 is 5.97 Å². The lowest BCUT2D eigenvalue weighted by Gasteiger charge is -2.29. The van der Waals surface area contributed by atoms with E-state index < -0.39 is 12.1 Å². The van der Waals surface area contributed by atoms with Gasteiger partial charge in [0.05, 0.1) is 24.4 Å². The third-order valence-corrected chi connectivity index (χ3v) is 6.67. The van der Waals surface area contributed by atoms with Crippen molar-refractivity contribution in [2.24, 2.45) is 0 Å². The van der Waals surface area contributed by atoms with Crippen LogP contribution in [0.1, 0.15) is 66.4 Å². The van der Waals surface area contributed by atoms with E-state index in [9.17, 15) is 15.0 Å². The zero-order valence-electron chi connectivity index (χ0n) is 22.0. The van der Waals surface area contributed by atoms with Gasteiger partial charge in [-0.2, -0.15) is 0 Å². The smallest absolute Gasteiger partial charge is 0.335 e. The van der Waals surface area contributed by atoms with Gasteiger partial charge in [0.15, 0.2) is 0 Å². The zero-order valence-corrected chi connectivity index (χ0v) is 22.0. The van der Waals surface area contributed by atoms with Gasteiger partial charge >= 0.3 is 5.97 Å². The molecule has 5 nitrogen and oxygen atoms in total. The van der Waals surface area contributed by atoms with Crippen LogP contribution in [-0.2, 0) is 17.6 Å². The standard InChI is InChI=1S/C31H39NO4/c1-6-23-12-14-24(15-13-23)18-31(4,5)32-19-26(33)20-36-22(3)29-21(2)27(30(34)35)16-17-28(29)25-10-8-7-9-11-25/h7-17,22,26,32-33H,6,18-20H2,1-5H3,(H,34,35)/t22?,26-/m1/s1. The van der Waals surface area contributed by atoms with Crippen molar-refractivity contribution < 1.29 is 19.7 Å². The molecule has 192 valence electrons. The van der Waals surface area contributed by atoms with Gasteiger partial charge in [-0.15, -0.1) is 0 Å². The van der Waals surface area contributed by atoms with Crippen LogP contribution < -0.4 is 5.32 Å². The van der Waals surface area contributed by atoms with Crippen molar-refractivity contribution in [3.05, 3.63) is 94.5 Å². The Hall–Kier alpha value is -2.99. The van der Waals surface area contributed by atoms with Crippen molar-refractivity contribution in [2.75, 3.05) is 13.2 Å². The molecule has 0 aromatic heterocycles. The van der Waals surface area contributed by atoms with Gasteiger partial charge in [0.2, 0.25) is 0 Å². The Morgan fingerprint density at radius 2 is 1.64 bits per heavy atom. The van der Waals surface area contributed by atoms with E-state index in [4.69, 9.17) is 4.74 Å². The van der Waals surface area contributed by atoms with E-state index in [0.29, 0.717) is 12.1 Å². The van der Waals surface area contributed by atoms with E-state index in [2.05, 4.69) is 50.4 Å². The lowest BCUT2D eigenvalue weighted by atomic mass is 9.90. The number of β-amino-alcohol motifs (C(OH)–C–C–N with tert-alkyl or cyclic N) is 1. The Labute approximate surface area is 215 Å². The summed E-state index contributed by atoms with van der Waals surface area (Å²) >= 11 is 0. The molecule has 0 fully saturated rings. The van der Waals surface area contributed by atoms with Crippen molar-refractivity contribution in [3.8, 4) is 11.1 Å². The highest BCUT2D eigenvalue weighted by Crippen LogP contribution is 2.34. The maximum atomic E-state index is 11.8. The van der Waals surface area contributed by atoms with Crippen LogP contribution in [0.5, 0.6) is 0 Å². The molecule has 0 radical (unpaired) electrons. The summed E-state index contributed by atoms with van der Waals surface area (Å²) in [4.78, 5) is 11.8. The first kappa shape index (κ1) is 27.6. The van der Waals surface area contributed by atoms with Crippen LogP contribution in [0.3, 0.4) is 0 Å². The number of nitrogens with one attached hydrogen (secondary N) is 1. The van der Waals surface area contributed by atoms with Crippen LogP contribution >= 0.6 is 0 Å². The Balaban J connectivity index is 1.64. The Kier molecular flexibility index (Phi) is 9.43. The minimum atomic E-state index is -0.962. The van der Waals surface area contributed by atoms with Crippen molar-refractivity contribution in [1.29, 1.82) is 0 Å². The predicted octanol–water partition coefficient (Wildman–Crippen LogP) is 5.97. The maximum Gasteiger partial charge on any atom is 0.335 e. The molecule has 5 heteroatoms. The molecule has 3 aromatic rings. The lowest BCUT2D eigenvalue weighted by Crippen LogP contribution is -2.46. The minimum Gasteiger partial charge on any atom is -0.478 e. The molecule has 3 aromatic carbocycles. The van der Waals surface area contributed by atoms with Gasteiger partial charge in [-0.3, -0.25) is 0 Å². The number of ether oxygens (including phenoxy) is 1. The number of hydrogen-bond acceptors (Lipinski definition) is 4. The number of carboxylic acids is 1. The van der Waals surface area contributed by atoms with Crippen LogP contribution in [0.4, 0.5) is 0 Å². The molecule has 3 N–H and O–H groups in total. The second kappa shape index (κ2) is 12.3. The van der Waals surface area contributed by atoms with Gasteiger partial charge < -0.3 is 20.3 Å². The second-order valence-corrected chi connectivity index (χ2v) is 10.1. The first-order chi connectivity index (χ1) is 17.1. The molecule has 0 aliphatic rings. The number of aliphatic hydroxyl groups excluding tert-OH is 1. The largest absolute Gasteiger partial charge is 0.478 e. The predicted molar refractivity (Wildman–Crippen MR) is 146 cm³/mol. The van der Waals surface area contributed by atoms with Gasteiger partial charge in [0, 0.05) is 12.1 Å². The number of hydrogen-bond donors (Lipinski definition) is 3. The van der Waals surface area contributed by atoms with E-state index in [1.54, 1.807) is 6.07 Å². The minimum absolute atomic E-state index is 0.139. The van der Waals surface area contributed by atoms with E-state index in [1.807, 2.05) is 50.2 Å². The van der Waals surface area contributed by atoms with Crippen molar-refractivity contribution in [3.63, 3.8) is 0 Å². The van der Waals surface area contributed by atoms with Crippen molar-refractivity contribution in [1.82, 2.24) is 5.32 Å². The molecule has 0 spiro atoms. The monoisotopic (exact) mass is 489 g/mol. The first-order valence-corrected chi connectivity index (χ1v) is 12.7. The molecule has 3 rings (SSSR count). The van der Waals surface area contributed by atoms with Crippen LogP contribution in [0.15, 0.2) is 66.7 Å². The highest BCUT2D eigenvalue weighted by Gasteiger charge is 2.23. The molecule has 0 saturated heterocycles. The van der Waals surface area contributed by atoms with Crippen LogP contribution in [0, 0.1) is 6.92 Å². The van der Waals surface area contributed by atoms with Gasteiger partial charge in [-0.05, 0) is 80.0 Å². The van der Waals surface area contributed by atoms with Crippen LogP contribution in [0.25, 0.3) is 11.1 Å². The molecule has 1 unspecified atom stereocenters. The van der Waals surface area contributed by atoms with E-state index in [-0.39, 0.29) is 23.8 Å². The van der Waals surface area contributed by atoms with Gasteiger partial charge in [-0.25, -0.2) is 4.79 Å². The first-order valence-electron chi connectivity index (χ1n) is 12.7. The zero-order chi connectivity index (χ0) is 26.3. The fourth-order valence-corrected chi connectivity index (χ4v) is 4.61. The van der Waals surface area contributed by atoms with Gasteiger partial charge in [0.25, 0.3) is 0 Å². The molecule has 0 saturated carbocycles. The number of aliphatic hydroxyl groups is 1. The fraction of sp³-hybridized carbons (Fsp3) is 0.387. The number of rotatable bonds is 12. The summed E-state index contributed by atoms with van der Waals surface area (Å²) in [5.74, 6) is -0.962. The summed E-state index contributed by atoms with van der Waals surface area (Å²) in [5, 5.41) is 23.8. The number of aryl methyl sites for hydroxylation is 1. The summed E-state index contributed by atoms with van der Waals surface area (Å²) in [6, 6.07) is 22.0. The highest BCUT2D eigenvalue weighted by atomic mass is 16.5. The summed E-state index contributed by atoms with van der Waals surface area (Å²) in [7, 11) is 0. The molecule has 36 heavy (non-hydrogen) atoms. The topological polar surface area (TPSA) is 78.8 Å².